The lowest BCUT2D eigenvalue weighted by Crippen LogP contribution is -2.02. The summed E-state index contributed by atoms with van der Waals surface area (Å²) in [4.78, 5) is 21.7. The van der Waals surface area contributed by atoms with E-state index in [9.17, 15) is 14.9 Å². The minimum atomic E-state index is -0.593. The number of aryl methyl sites for hydroxylation is 1. The summed E-state index contributed by atoms with van der Waals surface area (Å²) in [5, 5.41) is 14.5. The number of ether oxygens (including phenoxy) is 1. The summed E-state index contributed by atoms with van der Waals surface area (Å²) in [6.45, 7) is 3.56. The molecule has 0 radical (unpaired) electrons. The van der Waals surface area contributed by atoms with Crippen LogP contribution in [0.5, 0.6) is 0 Å². The molecule has 0 aliphatic rings. The highest BCUT2D eigenvalue weighted by molar-refractivity contribution is 5.87. The Morgan fingerprint density at radius 2 is 2.20 bits per heavy atom. The van der Waals surface area contributed by atoms with Crippen molar-refractivity contribution in [3.63, 3.8) is 0 Å². The average molecular weight is 276 g/mol. The van der Waals surface area contributed by atoms with Crippen LogP contribution in [0, 0.1) is 17.0 Å². The number of aromatic nitrogens is 1. The molecule has 0 aliphatic carbocycles. The molecule has 0 bridgehead atoms. The maximum absolute atomic E-state index is 11.5. The van der Waals surface area contributed by atoms with Crippen LogP contribution in [0.2, 0.25) is 0 Å². The number of hydrogen-bond acceptors (Lipinski definition) is 6. The van der Waals surface area contributed by atoms with Crippen molar-refractivity contribution in [1.82, 2.24) is 5.16 Å². The summed E-state index contributed by atoms with van der Waals surface area (Å²) < 4.78 is 9.68. The molecule has 0 saturated carbocycles. The zero-order chi connectivity index (χ0) is 14.7. The van der Waals surface area contributed by atoms with Gasteiger partial charge in [0.05, 0.1) is 11.5 Å². The zero-order valence-corrected chi connectivity index (χ0v) is 11.0. The highest BCUT2D eigenvalue weighted by atomic mass is 16.6. The number of rotatable bonds is 4. The standard InChI is InChI=1S/C13H12N2O5/c1-3-19-13(16)12-7-10(14-20-12)9-4-5-11(15(17)18)8(2)6-9/h4-7H,3H2,1-2H3. The van der Waals surface area contributed by atoms with E-state index < -0.39 is 10.9 Å². The summed E-state index contributed by atoms with van der Waals surface area (Å²) in [7, 11) is 0. The van der Waals surface area contributed by atoms with Gasteiger partial charge in [0, 0.05) is 23.3 Å². The summed E-state index contributed by atoms with van der Waals surface area (Å²) >= 11 is 0. The van der Waals surface area contributed by atoms with Gasteiger partial charge in [-0.1, -0.05) is 5.16 Å². The molecule has 1 aromatic carbocycles. The van der Waals surface area contributed by atoms with Gasteiger partial charge >= 0.3 is 5.97 Å². The monoisotopic (exact) mass is 276 g/mol. The van der Waals surface area contributed by atoms with Crippen LogP contribution in [0.4, 0.5) is 5.69 Å². The Kier molecular flexibility index (Phi) is 3.79. The lowest BCUT2D eigenvalue weighted by Gasteiger charge is -1.99. The third kappa shape index (κ3) is 2.66. The van der Waals surface area contributed by atoms with Crippen LogP contribution in [0.15, 0.2) is 28.8 Å². The van der Waals surface area contributed by atoms with E-state index >= 15 is 0 Å². The van der Waals surface area contributed by atoms with Crippen LogP contribution in [0.1, 0.15) is 23.0 Å². The van der Waals surface area contributed by atoms with Crippen LogP contribution in [-0.4, -0.2) is 22.7 Å². The smallest absolute Gasteiger partial charge is 0.377 e. The topological polar surface area (TPSA) is 95.5 Å². The van der Waals surface area contributed by atoms with Crippen molar-refractivity contribution in [2.75, 3.05) is 6.61 Å². The minimum Gasteiger partial charge on any atom is -0.460 e. The number of carbonyl (C=O) groups excluding carboxylic acids is 1. The van der Waals surface area contributed by atoms with E-state index in [1.165, 1.54) is 12.1 Å². The van der Waals surface area contributed by atoms with Crippen molar-refractivity contribution in [2.24, 2.45) is 0 Å². The molecule has 0 amide bonds. The quantitative estimate of drug-likeness (QED) is 0.484. The molecule has 1 aromatic heterocycles. The van der Waals surface area contributed by atoms with E-state index in [0.717, 1.165) is 0 Å². The summed E-state index contributed by atoms with van der Waals surface area (Å²) in [6, 6.07) is 6.00. The molecule has 2 rings (SSSR count). The van der Waals surface area contributed by atoms with E-state index in [-0.39, 0.29) is 18.1 Å². The fraction of sp³-hybridized carbons (Fsp3) is 0.231. The molecule has 0 unspecified atom stereocenters. The van der Waals surface area contributed by atoms with E-state index in [2.05, 4.69) is 5.16 Å². The van der Waals surface area contributed by atoms with E-state index in [1.807, 2.05) is 0 Å². The molecule has 2 aromatic rings. The molecule has 1 heterocycles. The molecule has 0 atom stereocenters. The van der Waals surface area contributed by atoms with Gasteiger partial charge in [-0.3, -0.25) is 10.1 Å². The van der Waals surface area contributed by atoms with Crippen LogP contribution in [0.3, 0.4) is 0 Å². The summed E-state index contributed by atoms with van der Waals surface area (Å²) in [5.41, 5.74) is 1.59. The van der Waals surface area contributed by atoms with Gasteiger partial charge in [0.1, 0.15) is 5.69 Å². The second-order valence-electron chi connectivity index (χ2n) is 4.06. The first kappa shape index (κ1) is 13.7. The van der Waals surface area contributed by atoms with Gasteiger partial charge < -0.3 is 9.26 Å². The normalized spacial score (nSPS) is 10.3. The van der Waals surface area contributed by atoms with Crippen molar-refractivity contribution in [3.8, 4) is 11.3 Å². The van der Waals surface area contributed by atoms with E-state index in [1.54, 1.807) is 26.0 Å². The Labute approximate surface area is 114 Å². The second kappa shape index (κ2) is 5.52. The molecule has 0 saturated heterocycles. The van der Waals surface area contributed by atoms with Crippen molar-refractivity contribution in [1.29, 1.82) is 0 Å². The van der Waals surface area contributed by atoms with Gasteiger partial charge in [0.25, 0.3) is 5.69 Å². The van der Waals surface area contributed by atoms with Gasteiger partial charge in [-0.05, 0) is 26.0 Å². The number of nitro groups is 1. The Morgan fingerprint density at radius 3 is 2.80 bits per heavy atom. The maximum Gasteiger partial charge on any atom is 0.377 e. The summed E-state index contributed by atoms with van der Waals surface area (Å²) in [6.07, 6.45) is 0. The number of esters is 1. The SMILES string of the molecule is CCOC(=O)c1cc(-c2ccc([N+](=O)[O-])c(C)c2)no1. The third-order valence-electron chi connectivity index (χ3n) is 2.68. The van der Waals surface area contributed by atoms with Gasteiger partial charge in [0.2, 0.25) is 5.76 Å². The second-order valence-corrected chi connectivity index (χ2v) is 4.06. The lowest BCUT2D eigenvalue weighted by atomic mass is 10.1. The third-order valence-corrected chi connectivity index (χ3v) is 2.68. The molecule has 0 aliphatic heterocycles. The number of nitrogens with zero attached hydrogens (tertiary/aromatic N) is 2. The lowest BCUT2D eigenvalue weighted by molar-refractivity contribution is -0.385. The first-order valence-electron chi connectivity index (χ1n) is 5.92. The molecule has 104 valence electrons. The van der Waals surface area contributed by atoms with Crippen LogP contribution >= 0.6 is 0 Å². The average Bonchev–Trinajstić information content (AvgIpc) is 2.88. The maximum atomic E-state index is 11.5. The van der Waals surface area contributed by atoms with Crippen LogP contribution in [-0.2, 0) is 4.74 Å². The molecule has 7 heteroatoms. The minimum absolute atomic E-state index is 0.00199. The largest absolute Gasteiger partial charge is 0.460 e. The number of nitro benzene ring substituents is 1. The van der Waals surface area contributed by atoms with Crippen molar-refractivity contribution in [2.45, 2.75) is 13.8 Å². The van der Waals surface area contributed by atoms with Gasteiger partial charge in [0.15, 0.2) is 0 Å². The zero-order valence-electron chi connectivity index (χ0n) is 11.0. The molecule has 0 fully saturated rings. The van der Waals surface area contributed by atoms with Gasteiger partial charge in [-0.2, -0.15) is 0 Å². The van der Waals surface area contributed by atoms with E-state index in [4.69, 9.17) is 9.26 Å². The Balaban J connectivity index is 2.31. The van der Waals surface area contributed by atoms with Crippen molar-refractivity contribution in [3.05, 3.63) is 45.7 Å². The molecular weight excluding hydrogens is 264 g/mol. The van der Waals surface area contributed by atoms with Crippen molar-refractivity contribution < 1.29 is 19.0 Å². The van der Waals surface area contributed by atoms with Gasteiger partial charge in [-0.25, -0.2) is 4.79 Å². The molecule has 20 heavy (non-hydrogen) atoms. The number of hydrogen-bond donors (Lipinski definition) is 0. The predicted octanol–water partition coefficient (Wildman–Crippen LogP) is 2.73. The highest BCUT2D eigenvalue weighted by Crippen LogP contribution is 2.25. The molecular formula is C13H12N2O5. The van der Waals surface area contributed by atoms with Crippen molar-refractivity contribution >= 4 is 11.7 Å². The molecule has 0 spiro atoms. The Bertz CT molecular complexity index is 663. The van der Waals surface area contributed by atoms with Gasteiger partial charge in [-0.15, -0.1) is 0 Å². The van der Waals surface area contributed by atoms with Crippen LogP contribution < -0.4 is 0 Å². The predicted molar refractivity (Wildman–Crippen MR) is 69.3 cm³/mol. The Hall–Kier alpha value is -2.70. The number of carbonyl (C=O) groups is 1. The first-order valence-corrected chi connectivity index (χ1v) is 5.92. The van der Waals surface area contributed by atoms with E-state index in [0.29, 0.717) is 16.8 Å². The molecule has 7 nitrogen and oxygen atoms in total. The van der Waals surface area contributed by atoms with Crippen LogP contribution in [0.25, 0.3) is 11.3 Å². The number of benzene rings is 1. The Morgan fingerprint density at radius 1 is 1.45 bits per heavy atom. The fourth-order valence-electron chi connectivity index (χ4n) is 1.73. The fourth-order valence-corrected chi connectivity index (χ4v) is 1.73. The summed E-state index contributed by atoms with van der Waals surface area (Å²) in [5.74, 6) is -0.595. The first-order chi connectivity index (χ1) is 9.52. The highest BCUT2D eigenvalue weighted by Gasteiger charge is 2.17. The molecule has 0 N–H and O–H groups in total.